The molecule has 0 unspecified atom stereocenters. The predicted octanol–water partition coefficient (Wildman–Crippen LogP) is 2.64. The molecule has 1 aliphatic heterocycles. The van der Waals surface area contributed by atoms with Gasteiger partial charge in [-0.05, 0) is 43.5 Å². The average molecular weight is 585 g/mol. The minimum absolute atomic E-state index is 0.0275. The van der Waals surface area contributed by atoms with Gasteiger partial charge in [0.15, 0.2) is 11.7 Å². The summed E-state index contributed by atoms with van der Waals surface area (Å²) in [5.74, 6) is -1.10. The van der Waals surface area contributed by atoms with Crippen molar-refractivity contribution < 1.29 is 14.4 Å². The van der Waals surface area contributed by atoms with Crippen molar-refractivity contribution in [3.8, 4) is 0 Å². The molecule has 40 heavy (non-hydrogen) atoms. The number of thiazole rings is 1. The molecule has 0 radical (unpaired) electrons. The van der Waals surface area contributed by atoms with Crippen molar-refractivity contribution in [1.29, 1.82) is 0 Å². The lowest BCUT2D eigenvalue weighted by Gasteiger charge is -2.23. The molecule has 0 spiro atoms. The Balaban J connectivity index is 1.45. The molecule has 13 heteroatoms. The van der Waals surface area contributed by atoms with Crippen LogP contribution in [0.1, 0.15) is 64.0 Å². The molecule has 7 N–H and O–H groups in total. The maximum atomic E-state index is 13.5. The van der Waals surface area contributed by atoms with E-state index in [0.717, 1.165) is 10.9 Å². The number of carbonyl (C=O) groups excluding carboxylic acids is 3. The number of Topliss-reactive ketones (excluding diaryl/α,β-unsaturated/α-hetero) is 1. The summed E-state index contributed by atoms with van der Waals surface area (Å²) < 4.78 is 0. The zero-order valence-electron chi connectivity index (χ0n) is 22.2. The first kappa shape index (κ1) is 29.4. The molecule has 2 amide bonds. The van der Waals surface area contributed by atoms with E-state index in [4.69, 9.17) is 28.8 Å². The highest BCUT2D eigenvalue weighted by Crippen LogP contribution is 2.35. The average Bonchev–Trinajstić information content (AvgIpc) is 3.57. The summed E-state index contributed by atoms with van der Waals surface area (Å²) in [5, 5.41) is 6.28. The summed E-state index contributed by atoms with van der Waals surface area (Å²) in [7, 11) is 1.55. The number of pyridine rings is 1. The number of aliphatic imine (C=N–C) groups is 1. The van der Waals surface area contributed by atoms with Crippen molar-refractivity contribution in [2.75, 3.05) is 20.1 Å². The van der Waals surface area contributed by atoms with Crippen molar-refractivity contribution in [2.45, 2.75) is 44.2 Å². The number of rotatable bonds is 11. The van der Waals surface area contributed by atoms with E-state index in [1.54, 1.807) is 47.8 Å². The molecule has 1 saturated heterocycles. The molecular weight excluding hydrogens is 552 g/mol. The fourth-order valence-electron chi connectivity index (χ4n) is 4.85. The minimum Gasteiger partial charge on any atom is -0.370 e. The molecule has 212 valence electrons. The minimum atomic E-state index is -0.492. The summed E-state index contributed by atoms with van der Waals surface area (Å²) in [6, 6.07) is 6.50. The number of aromatic nitrogens is 2. The summed E-state index contributed by atoms with van der Waals surface area (Å²) in [5.41, 5.74) is 18.4. The Morgan fingerprint density at radius 1 is 1.25 bits per heavy atom. The van der Waals surface area contributed by atoms with E-state index >= 15 is 0 Å². The molecular formula is C27H33ClN8O3S. The van der Waals surface area contributed by atoms with Gasteiger partial charge in [-0.2, -0.15) is 0 Å². The van der Waals surface area contributed by atoms with E-state index in [1.807, 2.05) is 0 Å². The van der Waals surface area contributed by atoms with Gasteiger partial charge >= 0.3 is 0 Å². The van der Waals surface area contributed by atoms with E-state index in [1.165, 1.54) is 11.3 Å². The molecule has 11 nitrogen and oxygen atoms in total. The molecule has 4 rings (SSSR count). The number of nitrogens with zero attached hydrogens (tertiary/aromatic N) is 4. The first-order valence-corrected chi connectivity index (χ1v) is 14.3. The highest BCUT2D eigenvalue weighted by molar-refractivity contribution is 7.10. The number of nitrogens with two attached hydrogens (primary N) is 3. The lowest BCUT2D eigenvalue weighted by molar-refractivity contribution is -0.124. The van der Waals surface area contributed by atoms with Gasteiger partial charge in [0.2, 0.25) is 5.91 Å². The zero-order chi connectivity index (χ0) is 28.8. The number of benzene rings is 1. The van der Waals surface area contributed by atoms with E-state index in [-0.39, 0.29) is 47.8 Å². The SMILES string of the molecule is CNC(=O)[C@H](CCCCN=C(N)N)CC(=O)c1csc([C@@H]2C[C@@H](N)CN2C(=O)c2cnc3ccc(Cl)cc3c2)n1. The first-order valence-electron chi connectivity index (χ1n) is 13.0. The third-order valence-corrected chi connectivity index (χ3v) is 8.06. The number of likely N-dealkylation sites (tertiary alicyclic amines) is 1. The third kappa shape index (κ3) is 7.12. The topological polar surface area (TPSA) is 183 Å². The van der Waals surface area contributed by atoms with Gasteiger partial charge in [-0.1, -0.05) is 18.0 Å². The van der Waals surface area contributed by atoms with Gasteiger partial charge in [0.1, 0.15) is 10.7 Å². The second kappa shape index (κ2) is 13.2. The van der Waals surface area contributed by atoms with Crippen LogP contribution in [-0.4, -0.2) is 64.6 Å². The van der Waals surface area contributed by atoms with Gasteiger partial charge in [0.25, 0.3) is 5.91 Å². The van der Waals surface area contributed by atoms with Gasteiger partial charge < -0.3 is 27.4 Å². The van der Waals surface area contributed by atoms with Crippen molar-refractivity contribution in [1.82, 2.24) is 20.2 Å². The molecule has 1 fully saturated rings. The Morgan fingerprint density at radius 3 is 2.80 bits per heavy atom. The van der Waals surface area contributed by atoms with Gasteiger partial charge in [-0.15, -0.1) is 11.3 Å². The quantitative estimate of drug-likeness (QED) is 0.115. The van der Waals surface area contributed by atoms with E-state index in [9.17, 15) is 14.4 Å². The smallest absolute Gasteiger partial charge is 0.256 e. The molecule has 1 aromatic carbocycles. The summed E-state index contributed by atoms with van der Waals surface area (Å²) in [6.45, 7) is 0.826. The molecule has 0 bridgehead atoms. The van der Waals surface area contributed by atoms with Crippen molar-refractivity contribution in [2.24, 2.45) is 28.1 Å². The van der Waals surface area contributed by atoms with E-state index < -0.39 is 5.92 Å². The van der Waals surface area contributed by atoms with Crippen LogP contribution < -0.4 is 22.5 Å². The number of ketones is 1. The Kier molecular flexibility index (Phi) is 9.67. The molecule has 3 atom stereocenters. The summed E-state index contributed by atoms with van der Waals surface area (Å²) in [4.78, 5) is 53.7. The number of unbranched alkanes of at least 4 members (excludes halogenated alkanes) is 1. The van der Waals surface area contributed by atoms with Crippen LogP contribution in [0.4, 0.5) is 0 Å². The number of carbonyl (C=O) groups is 3. The van der Waals surface area contributed by atoms with E-state index in [2.05, 4.69) is 20.3 Å². The molecule has 0 aliphatic carbocycles. The first-order chi connectivity index (χ1) is 19.2. The van der Waals surface area contributed by atoms with Gasteiger partial charge in [0.05, 0.1) is 17.1 Å². The number of hydrogen-bond donors (Lipinski definition) is 4. The molecule has 2 aromatic heterocycles. The number of amides is 2. The number of fused-ring (bicyclic) bond motifs is 1. The number of nitrogens with one attached hydrogen (secondary N) is 1. The summed E-state index contributed by atoms with van der Waals surface area (Å²) >= 11 is 7.44. The lowest BCUT2D eigenvalue weighted by Crippen LogP contribution is -2.33. The second-order valence-corrected chi connectivity index (χ2v) is 11.2. The molecule has 3 aromatic rings. The summed E-state index contributed by atoms with van der Waals surface area (Å²) in [6.07, 6.45) is 4.02. The maximum Gasteiger partial charge on any atom is 0.256 e. The Labute approximate surface area is 241 Å². The number of hydrogen-bond acceptors (Lipinski definition) is 8. The van der Waals surface area contributed by atoms with Crippen LogP contribution >= 0.6 is 22.9 Å². The highest BCUT2D eigenvalue weighted by atomic mass is 35.5. The molecule has 0 saturated carbocycles. The number of halogens is 1. The fourth-order valence-corrected chi connectivity index (χ4v) is 5.98. The third-order valence-electron chi connectivity index (χ3n) is 6.88. The van der Waals surface area contributed by atoms with E-state index in [0.29, 0.717) is 54.4 Å². The van der Waals surface area contributed by atoms with Crippen molar-refractivity contribution in [3.63, 3.8) is 0 Å². The Morgan fingerprint density at radius 2 is 2.05 bits per heavy atom. The van der Waals surface area contributed by atoms with Crippen molar-refractivity contribution >= 4 is 57.4 Å². The second-order valence-electron chi connectivity index (χ2n) is 9.84. The van der Waals surface area contributed by atoms with Gasteiger partial charge in [-0.3, -0.25) is 24.4 Å². The van der Waals surface area contributed by atoms with Crippen LogP contribution in [0.3, 0.4) is 0 Å². The van der Waals surface area contributed by atoms with Gasteiger partial charge in [-0.25, -0.2) is 4.98 Å². The predicted molar refractivity (Wildman–Crippen MR) is 156 cm³/mol. The Bertz CT molecular complexity index is 1420. The lowest BCUT2D eigenvalue weighted by atomic mass is 9.94. The molecule has 1 aliphatic rings. The van der Waals surface area contributed by atoms with Crippen LogP contribution in [0.5, 0.6) is 0 Å². The monoisotopic (exact) mass is 584 g/mol. The standard InChI is InChI=1S/C27H33ClN8O3S/c1-32-24(38)15(4-2-3-7-33-27(30)31)10-23(37)21-14-40-25(35-21)22-11-19(29)13-36(22)26(39)17-8-16-9-18(28)5-6-20(16)34-12-17/h5-6,8-9,12,14-15,19,22H,2-4,7,10-11,13,29H2,1H3,(H,32,38)(H4,30,31,33)/t15-,19-,22+/m1/s1. The maximum absolute atomic E-state index is 13.5. The highest BCUT2D eigenvalue weighted by Gasteiger charge is 2.37. The molecule has 3 heterocycles. The fraction of sp³-hybridized carbons (Fsp3) is 0.407. The van der Waals surface area contributed by atoms with Crippen LogP contribution in [0.15, 0.2) is 40.8 Å². The number of guanidine groups is 1. The normalized spacial score (nSPS) is 17.5. The largest absolute Gasteiger partial charge is 0.370 e. The van der Waals surface area contributed by atoms with Crippen molar-refractivity contribution in [3.05, 3.63) is 57.1 Å². The van der Waals surface area contributed by atoms with Crippen LogP contribution in [0, 0.1) is 5.92 Å². The van der Waals surface area contributed by atoms with Crippen LogP contribution in [-0.2, 0) is 4.79 Å². The Hall–Kier alpha value is -3.61. The zero-order valence-corrected chi connectivity index (χ0v) is 23.8. The van der Waals surface area contributed by atoms with Crippen LogP contribution in [0.25, 0.3) is 10.9 Å². The van der Waals surface area contributed by atoms with Crippen LogP contribution in [0.2, 0.25) is 5.02 Å². The van der Waals surface area contributed by atoms with Gasteiger partial charge in [0, 0.05) is 60.5 Å².